The van der Waals surface area contributed by atoms with Crippen LogP contribution >= 0.6 is 0 Å². The predicted molar refractivity (Wildman–Crippen MR) is 204 cm³/mol. The minimum absolute atomic E-state index is 0.879. The van der Waals surface area contributed by atoms with Crippen molar-refractivity contribution in [1.29, 1.82) is 0 Å². The highest BCUT2D eigenvalue weighted by Gasteiger charge is 2.25. The minimum Gasteiger partial charge on any atom is -0.455 e. The van der Waals surface area contributed by atoms with Crippen LogP contribution in [0.15, 0.2) is 180 Å². The van der Waals surface area contributed by atoms with Gasteiger partial charge < -0.3 is 9.32 Å². The fourth-order valence-electron chi connectivity index (χ4n) is 7.67. The summed E-state index contributed by atoms with van der Waals surface area (Å²) in [7, 11) is 0. The van der Waals surface area contributed by atoms with Crippen LogP contribution in [0, 0.1) is 0 Å². The normalized spacial score (nSPS) is 11.8. The van der Waals surface area contributed by atoms with Gasteiger partial charge in [0.1, 0.15) is 11.2 Å². The summed E-state index contributed by atoms with van der Waals surface area (Å²) in [6.45, 7) is 0. The fourth-order valence-corrected chi connectivity index (χ4v) is 7.67. The van der Waals surface area contributed by atoms with Crippen molar-refractivity contribution in [2.75, 3.05) is 4.90 Å². The van der Waals surface area contributed by atoms with E-state index in [4.69, 9.17) is 4.42 Å². The van der Waals surface area contributed by atoms with Gasteiger partial charge in [0.25, 0.3) is 0 Å². The van der Waals surface area contributed by atoms with Crippen LogP contribution in [0.25, 0.3) is 76.2 Å². The molecule has 2 heteroatoms. The minimum atomic E-state index is 0.879. The maximum Gasteiger partial charge on any atom is 0.145 e. The van der Waals surface area contributed by atoms with E-state index in [9.17, 15) is 0 Å². The first-order valence-electron chi connectivity index (χ1n) is 16.4. The van der Waals surface area contributed by atoms with Gasteiger partial charge in [0, 0.05) is 21.7 Å². The Morgan fingerprint density at radius 2 is 0.958 bits per heavy atom. The molecule has 0 unspecified atom stereocenters. The van der Waals surface area contributed by atoms with Crippen molar-refractivity contribution in [2.24, 2.45) is 0 Å². The van der Waals surface area contributed by atoms with Crippen LogP contribution in [0.2, 0.25) is 0 Å². The maximum absolute atomic E-state index is 6.78. The molecule has 0 amide bonds. The Bertz CT molecular complexity index is 2850. The Kier molecular flexibility index (Phi) is 5.91. The first kappa shape index (κ1) is 26.8. The number of rotatable bonds is 4. The number of hydrogen-bond donors (Lipinski definition) is 0. The van der Waals surface area contributed by atoms with Gasteiger partial charge >= 0.3 is 0 Å². The molecule has 0 aliphatic carbocycles. The first-order valence-corrected chi connectivity index (χ1v) is 16.4. The largest absolute Gasteiger partial charge is 0.455 e. The lowest BCUT2D eigenvalue weighted by atomic mass is 9.95. The van der Waals surface area contributed by atoms with Crippen molar-refractivity contribution in [1.82, 2.24) is 0 Å². The van der Waals surface area contributed by atoms with Crippen LogP contribution in [0.3, 0.4) is 0 Å². The second-order valence-corrected chi connectivity index (χ2v) is 12.5. The van der Waals surface area contributed by atoms with Gasteiger partial charge in [-0.25, -0.2) is 0 Å². The molecule has 0 N–H and O–H groups in total. The van der Waals surface area contributed by atoms with E-state index in [0.29, 0.717) is 0 Å². The quantitative estimate of drug-likeness (QED) is 0.184. The summed E-state index contributed by atoms with van der Waals surface area (Å²) in [6, 6.07) is 63.3. The number of hydrogen-bond acceptors (Lipinski definition) is 2. The summed E-state index contributed by atoms with van der Waals surface area (Å²) < 4.78 is 6.78. The number of para-hydroxylation sites is 1. The predicted octanol–water partition coefficient (Wildman–Crippen LogP) is 13.3. The molecule has 10 rings (SSSR count). The van der Waals surface area contributed by atoms with Gasteiger partial charge in [-0.2, -0.15) is 0 Å². The average molecular weight is 612 g/mol. The second-order valence-electron chi connectivity index (χ2n) is 12.5. The molecule has 48 heavy (non-hydrogen) atoms. The third kappa shape index (κ3) is 4.00. The second kappa shape index (κ2) is 10.6. The van der Waals surface area contributed by atoms with Gasteiger partial charge in [-0.15, -0.1) is 0 Å². The third-order valence-corrected chi connectivity index (χ3v) is 9.82. The third-order valence-electron chi connectivity index (χ3n) is 9.82. The highest BCUT2D eigenvalue weighted by Crippen LogP contribution is 2.50. The molecule has 1 heterocycles. The van der Waals surface area contributed by atoms with Crippen molar-refractivity contribution in [3.8, 4) is 11.1 Å². The zero-order chi connectivity index (χ0) is 31.6. The van der Waals surface area contributed by atoms with E-state index in [1.54, 1.807) is 0 Å². The lowest BCUT2D eigenvalue weighted by Crippen LogP contribution is -2.12. The summed E-state index contributed by atoms with van der Waals surface area (Å²) in [5.41, 5.74) is 7.31. The lowest BCUT2D eigenvalue weighted by Gasteiger charge is -2.30. The van der Waals surface area contributed by atoms with E-state index in [0.717, 1.165) is 50.1 Å². The molecule has 0 bridgehead atoms. The van der Waals surface area contributed by atoms with Gasteiger partial charge in [-0.1, -0.05) is 146 Å². The Balaban J connectivity index is 1.38. The summed E-state index contributed by atoms with van der Waals surface area (Å²) >= 11 is 0. The van der Waals surface area contributed by atoms with Crippen LogP contribution in [0.4, 0.5) is 17.1 Å². The average Bonchev–Trinajstić information content (AvgIpc) is 3.55. The van der Waals surface area contributed by atoms with Gasteiger partial charge in [0.05, 0.1) is 22.4 Å². The molecule has 0 atom stereocenters. The molecule has 2 nitrogen and oxygen atoms in total. The summed E-state index contributed by atoms with van der Waals surface area (Å²) in [6.07, 6.45) is 0. The molecule has 0 fully saturated rings. The molecule has 10 aromatic rings. The molecule has 0 spiro atoms. The molecule has 224 valence electrons. The topological polar surface area (TPSA) is 16.4 Å². The van der Waals surface area contributed by atoms with Gasteiger partial charge in [-0.3, -0.25) is 0 Å². The molecule has 0 aliphatic rings. The van der Waals surface area contributed by atoms with E-state index in [2.05, 4.69) is 181 Å². The molecule has 0 radical (unpaired) electrons. The molecule has 1 aromatic heterocycles. The number of nitrogens with zero attached hydrogens (tertiary/aromatic N) is 1. The highest BCUT2D eigenvalue weighted by atomic mass is 16.3. The number of anilines is 3. The van der Waals surface area contributed by atoms with Crippen molar-refractivity contribution in [3.63, 3.8) is 0 Å². The number of furan rings is 1. The van der Waals surface area contributed by atoms with E-state index in [-0.39, 0.29) is 0 Å². The van der Waals surface area contributed by atoms with Crippen molar-refractivity contribution >= 4 is 82.1 Å². The van der Waals surface area contributed by atoms with E-state index in [1.165, 1.54) is 43.1 Å². The fraction of sp³-hybridized carbons (Fsp3) is 0. The van der Waals surface area contributed by atoms with E-state index in [1.807, 2.05) is 0 Å². The Hall–Kier alpha value is -6.38. The SMILES string of the molecule is c1ccc(-c2ccc(N(c3cccc4c3ccc3ccccc34)c3cc4ccccc4c4ccccc34)c3c2oc2ccccc23)cc1. The zero-order valence-electron chi connectivity index (χ0n) is 26.1. The number of fused-ring (bicyclic) bond motifs is 9. The molecular formula is C46H29NO. The van der Waals surface area contributed by atoms with E-state index < -0.39 is 0 Å². The van der Waals surface area contributed by atoms with Crippen LogP contribution in [0.1, 0.15) is 0 Å². The summed E-state index contributed by atoms with van der Waals surface area (Å²) in [5.74, 6) is 0. The summed E-state index contributed by atoms with van der Waals surface area (Å²) in [5, 5.41) is 12.0. The molecular weight excluding hydrogens is 583 g/mol. The van der Waals surface area contributed by atoms with Gasteiger partial charge in [-0.05, 0) is 68.2 Å². The lowest BCUT2D eigenvalue weighted by molar-refractivity contribution is 0.670. The van der Waals surface area contributed by atoms with Crippen LogP contribution in [-0.4, -0.2) is 0 Å². The van der Waals surface area contributed by atoms with Crippen molar-refractivity contribution in [2.45, 2.75) is 0 Å². The molecule has 0 saturated carbocycles. The Morgan fingerprint density at radius 3 is 1.77 bits per heavy atom. The zero-order valence-corrected chi connectivity index (χ0v) is 26.1. The van der Waals surface area contributed by atoms with Crippen LogP contribution < -0.4 is 4.90 Å². The maximum atomic E-state index is 6.78. The molecule has 0 saturated heterocycles. The summed E-state index contributed by atoms with van der Waals surface area (Å²) in [4.78, 5) is 2.48. The first-order chi connectivity index (χ1) is 23.8. The van der Waals surface area contributed by atoms with E-state index >= 15 is 0 Å². The molecule has 9 aromatic carbocycles. The Morgan fingerprint density at radius 1 is 0.354 bits per heavy atom. The van der Waals surface area contributed by atoms with Gasteiger partial charge in [0.2, 0.25) is 0 Å². The monoisotopic (exact) mass is 611 g/mol. The van der Waals surface area contributed by atoms with Crippen molar-refractivity contribution in [3.05, 3.63) is 176 Å². The smallest absolute Gasteiger partial charge is 0.145 e. The van der Waals surface area contributed by atoms with Crippen LogP contribution in [0.5, 0.6) is 0 Å². The van der Waals surface area contributed by atoms with Gasteiger partial charge in [0.15, 0.2) is 0 Å². The molecule has 0 aliphatic heterocycles. The van der Waals surface area contributed by atoms with Crippen LogP contribution in [-0.2, 0) is 0 Å². The highest BCUT2D eigenvalue weighted by molar-refractivity contribution is 6.22. The number of benzene rings is 9. The Labute approximate surface area is 277 Å². The van der Waals surface area contributed by atoms with Crippen molar-refractivity contribution < 1.29 is 4.42 Å². The standard InChI is InChI=1S/C46H29NO/c1-2-13-30(14-3-1)35-27-28-42(45-40-21-10-11-24-44(40)48-46(35)45)47(41-23-12-22-37-33-17-6-4-15-31(33)25-26-39(37)41)43-29-32-16-5-7-18-34(32)36-19-8-9-20-38(36)43/h1-29H.